The Morgan fingerprint density at radius 2 is 1.59 bits per heavy atom. The van der Waals surface area contributed by atoms with Gasteiger partial charge in [-0.25, -0.2) is 0 Å². The molecule has 0 aliphatic rings. The third-order valence-electron chi connectivity index (χ3n) is 1.78. The first-order valence-corrected chi connectivity index (χ1v) is 4.44. The summed E-state index contributed by atoms with van der Waals surface area (Å²) >= 11 is 0. The lowest BCUT2D eigenvalue weighted by molar-refractivity contribution is -0.0692. The number of Topliss-reactive ketones (excluding diaryl/α,β-unsaturated/α-hetero) is 1. The number of carbonyl (C=O) groups excluding carboxylic acids is 1. The first-order valence-electron chi connectivity index (χ1n) is 4.44. The predicted octanol–water partition coefficient (Wildman–Crippen LogP) is 3.09. The summed E-state index contributed by atoms with van der Waals surface area (Å²) < 4.78 is 55.9. The van der Waals surface area contributed by atoms with Crippen molar-refractivity contribution in [2.75, 3.05) is 0 Å². The van der Waals surface area contributed by atoms with Crippen LogP contribution in [0.4, 0.5) is 17.6 Å². The molecular weight excluding hydrogens is 244 g/mol. The molecule has 0 saturated heterocycles. The fourth-order valence-corrected chi connectivity index (χ4v) is 1.11. The zero-order valence-corrected chi connectivity index (χ0v) is 8.62. The van der Waals surface area contributed by atoms with Crippen molar-refractivity contribution in [1.29, 1.82) is 0 Å². The van der Waals surface area contributed by atoms with Crippen molar-refractivity contribution in [3.8, 4) is 11.5 Å². The van der Waals surface area contributed by atoms with Gasteiger partial charge in [0.1, 0.15) is 0 Å². The van der Waals surface area contributed by atoms with E-state index in [-0.39, 0.29) is 5.56 Å². The van der Waals surface area contributed by atoms with Crippen LogP contribution in [0.15, 0.2) is 18.2 Å². The summed E-state index contributed by atoms with van der Waals surface area (Å²) in [5, 5.41) is 0. The van der Waals surface area contributed by atoms with Crippen molar-refractivity contribution in [2.24, 2.45) is 0 Å². The molecule has 0 N–H and O–H groups in total. The number of alkyl halides is 4. The lowest BCUT2D eigenvalue weighted by atomic mass is 10.1. The predicted molar refractivity (Wildman–Crippen MR) is 49.7 cm³/mol. The standard InChI is InChI=1S/C10H8F4O3/c1-5(15)6-2-3-7(16-9(11)12)8(4-6)17-10(13)14/h2-4,9-10H,1H3. The molecule has 0 bridgehead atoms. The molecule has 0 spiro atoms. The minimum Gasteiger partial charge on any atom is -0.431 e. The van der Waals surface area contributed by atoms with Gasteiger partial charge < -0.3 is 9.47 Å². The Balaban J connectivity index is 3.07. The highest BCUT2D eigenvalue weighted by Gasteiger charge is 2.16. The van der Waals surface area contributed by atoms with Crippen molar-refractivity contribution < 1.29 is 31.8 Å². The van der Waals surface area contributed by atoms with Gasteiger partial charge in [-0.15, -0.1) is 0 Å². The molecule has 1 aromatic carbocycles. The van der Waals surface area contributed by atoms with E-state index in [9.17, 15) is 22.4 Å². The van der Waals surface area contributed by atoms with E-state index >= 15 is 0 Å². The Bertz CT molecular complexity index is 407. The molecule has 0 aliphatic carbocycles. The maximum Gasteiger partial charge on any atom is 0.387 e. The molecule has 3 nitrogen and oxygen atoms in total. The van der Waals surface area contributed by atoms with Crippen LogP contribution >= 0.6 is 0 Å². The molecule has 1 rings (SSSR count). The molecule has 0 radical (unpaired) electrons. The Hall–Kier alpha value is -1.79. The summed E-state index contributed by atoms with van der Waals surface area (Å²) in [6.45, 7) is -5.16. The van der Waals surface area contributed by atoms with Crippen LogP contribution in [0, 0.1) is 0 Å². The monoisotopic (exact) mass is 252 g/mol. The van der Waals surface area contributed by atoms with Crippen LogP contribution in [0.2, 0.25) is 0 Å². The molecule has 7 heteroatoms. The summed E-state index contributed by atoms with van der Waals surface area (Å²) in [6.07, 6.45) is 0. The molecule has 0 aliphatic heterocycles. The second kappa shape index (κ2) is 5.51. The first kappa shape index (κ1) is 13.3. The maximum atomic E-state index is 12.0. The molecule has 0 heterocycles. The minimum atomic E-state index is -3.20. The highest BCUT2D eigenvalue weighted by Crippen LogP contribution is 2.31. The van der Waals surface area contributed by atoms with Crippen LogP contribution in [-0.2, 0) is 0 Å². The van der Waals surface area contributed by atoms with Gasteiger partial charge >= 0.3 is 13.2 Å². The van der Waals surface area contributed by atoms with E-state index < -0.39 is 30.5 Å². The van der Waals surface area contributed by atoms with Gasteiger partial charge in [-0.1, -0.05) is 0 Å². The molecule has 0 unspecified atom stereocenters. The van der Waals surface area contributed by atoms with Gasteiger partial charge in [0.2, 0.25) is 0 Å². The van der Waals surface area contributed by atoms with E-state index in [1.54, 1.807) is 0 Å². The molecule has 0 fully saturated rings. The average Bonchev–Trinajstić information content (AvgIpc) is 2.18. The number of halogens is 4. The Labute approximate surface area is 93.9 Å². The van der Waals surface area contributed by atoms with E-state index in [0.29, 0.717) is 0 Å². The molecule has 0 saturated carbocycles. The van der Waals surface area contributed by atoms with E-state index in [0.717, 1.165) is 12.1 Å². The van der Waals surface area contributed by atoms with Crippen LogP contribution < -0.4 is 9.47 Å². The SMILES string of the molecule is CC(=O)c1ccc(OC(F)F)c(OC(F)F)c1. The summed E-state index contributed by atoms with van der Waals surface area (Å²) in [5.74, 6) is -1.56. The summed E-state index contributed by atoms with van der Waals surface area (Å²) in [5.41, 5.74) is 0.0577. The molecule has 94 valence electrons. The number of ether oxygens (including phenoxy) is 2. The maximum absolute atomic E-state index is 12.0. The molecule has 0 atom stereocenters. The van der Waals surface area contributed by atoms with Crippen LogP contribution in [0.1, 0.15) is 17.3 Å². The highest BCUT2D eigenvalue weighted by atomic mass is 19.3. The van der Waals surface area contributed by atoms with Gasteiger partial charge in [0.05, 0.1) is 0 Å². The second-order valence-corrected chi connectivity index (χ2v) is 2.97. The zero-order chi connectivity index (χ0) is 13.0. The Morgan fingerprint density at radius 1 is 1.06 bits per heavy atom. The number of benzene rings is 1. The minimum absolute atomic E-state index is 0.0577. The van der Waals surface area contributed by atoms with E-state index in [2.05, 4.69) is 9.47 Å². The quantitative estimate of drug-likeness (QED) is 0.596. The smallest absolute Gasteiger partial charge is 0.387 e. The van der Waals surface area contributed by atoms with Crippen molar-refractivity contribution in [3.05, 3.63) is 23.8 Å². The van der Waals surface area contributed by atoms with Gasteiger partial charge in [-0.3, -0.25) is 4.79 Å². The lowest BCUT2D eigenvalue weighted by Crippen LogP contribution is -2.08. The lowest BCUT2D eigenvalue weighted by Gasteiger charge is -2.12. The third-order valence-corrected chi connectivity index (χ3v) is 1.78. The fourth-order valence-electron chi connectivity index (χ4n) is 1.11. The largest absolute Gasteiger partial charge is 0.431 e. The van der Waals surface area contributed by atoms with E-state index in [1.807, 2.05) is 0 Å². The number of carbonyl (C=O) groups is 1. The number of hydrogen-bond acceptors (Lipinski definition) is 3. The molecule has 0 aromatic heterocycles. The van der Waals surface area contributed by atoms with Gasteiger partial charge in [-0.2, -0.15) is 17.6 Å². The van der Waals surface area contributed by atoms with Crippen LogP contribution in [0.25, 0.3) is 0 Å². The summed E-state index contributed by atoms with van der Waals surface area (Å²) in [6, 6.07) is 3.07. The first-order chi connectivity index (χ1) is 7.90. The highest BCUT2D eigenvalue weighted by molar-refractivity contribution is 5.94. The van der Waals surface area contributed by atoms with Gasteiger partial charge in [-0.05, 0) is 25.1 Å². The molecular formula is C10H8F4O3. The Morgan fingerprint density at radius 3 is 2.06 bits per heavy atom. The second-order valence-electron chi connectivity index (χ2n) is 2.97. The third kappa shape index (κ3) is 3.93. The average molecular weight is 252 g/mol. The van der Waals surface area contributed by atoms with Gasteiger partial charge in [0.25, 0.3) is 0 Å². The normalized spacial score (nSPS) is 10.8. The number of hydrogen-bond donors (Lipinski definition) is 0. The molecule has 1 aromatic rings. The molecule has 0 amide bonds. The van der Waals surface area contributed by atoms with Crippen LogP contribution in [-0.4, -0.2) is 19.0 Å². The summed E-state index contributed by atoms with van der Waals surface area (Å²) in [7, 11) is 0. The molecule has 17 heavy (non-hydrogen) atoms. The van der Waals surface area contributed by atoms with Gasteiger partial charge in [0.15, 0.2) is 17.3 Å². The summed E-state index contributed by atoms with van der Waals surface area (Å²) in [4.78, 5) is 11.0. The van der Waals surface area contributed by atoms with Crippen LogP contribution in [0.3, 0.4) is 0 Å². The van der Waals surface area contributed by atoms with Crippen molar-refractivity contribution in [1.82, 2.24) is 0 Å². The van der Waals surface area contributed by atoms with Gasteiger partial charge in [0, 0.05) is 5.56 Å². The van der Waals surface area contributed by atoms with Crippen LogP contribution in [0.5, 0.6) is 11.5 Å². The topological polar surface area (TPSA) is 35.5 Å². The van der Waals surface area contributed by atoms with E-state index in [4.69, 9.17) is 0 Å². The fraction of sp³-hybridized carbons (Fsp3) is 0.300. The van der Waals surface area contributed by atoms with Crippen molar-refractivity contribution in [2.45, 2.75) is 20.1 Å². The van der Waals surface area contributed by atoms with Crippen molar-refractivity contribution in [3.63, 3.8) is 0 Å². The van der Waals surface area contributed by atoms with Crippen molar-refractivity contribution >= 4 is 5.78 Å². The van der Waals surface area contributed by atoms with E-state index in [1.165, 1.54) is 13.0 Å². The zero-order valence-electron chi connectivity index (χ0n) is 8.62. The number of rotatable bonds is 5. The Kier molecular flexibility index (Phi) is 4.30. The number of ketones is 1.